The number of fused-ring (bicyclic) bond motifs is 1. The molecule has 1 aliphatic rings. The van der Waals surface area contributed by atoms with E-state index in [4.69, 9.17) is 4.74 Å². The van der Waals surface area contributed by atoms with Crippen LogP contribution in [0.5, 0.6) is 0 Å². The van der Waals surface area contributed by atoms with E-state index in [2.05, 4.69) is 14.9 Å². The van der Waals surface area contributed by atoms with Crippen LogP contribution in [0.25, 0.3) is 0 Å². The van der Waals surface area contributed by atoms with Crippen LogP contribution in [0.1, 0.15) is 26.5 Å². The lowest BCUT2D eigenvalue weighted by atomic mass is 9.97. The lowest BCUT2D eigenvalue weighted by Gasteiger charge is -2.19. The number of amides is 1. The number of hydrogen-bond donors (Lipinski definition) is 1. The Kier molecular flexibility index (Phi) is 3.94. The van der Waals surface area contributed by atoms with Gasteiger partial charge in [-0.3, -0.25) is 4.79 Å². The molecule has 1 aromatic heterocycles. The van der Waals surface area contributed by atoms with E-state index in [9.17, 15) is 13.2 Å². The fourth-order valence-electron chi connectivity index (χ4n) is 2.24. The standard InChI is InChI=1S/C13H13N3O4S2/c1-8-14-15-13(21-8)22(18,19)16-12(17)11-4-2-3-9-7-20-6-5-10(9)11/h2-4H,5-7H2,1H3,(H,16,17). The third-order valence-electron chi connectivity index (χ3n) is 3.24. The number of nitrogens with zero attached hydrogens (tertiary/aromatic N) is 2. The zero-order valence-corrected chi connectivity index (χ0v) is 13.3. The summed E-state index contributed by atoms with van der Waals surface area (Å²) in [4.78, 5) is 12.3. The number of hydrogen-bond acceptors (Lipinski definition) is 7. The number of carbonyl (C=O) groups is 1. The third kappa shape index (κ3) is 2.87. The molecule has 0 saturated carbocycles. The fourth-order valence-corrected chi connectivity index (χ4v) is 4.17. The largest absolute Gasteiger partial charge is 0.376 e. The molecular weight excluding hydrogens is 326 g/mol. The molecule has 1 aliphatic heterocycles. The van der Waals surface area contributed by atoms with Crippen LogP contribution >= 0.6 is 11.3 Å². The van der Waals surface area contributed by atoms with Gasteiger partial charge in [0.1, 0.15) is 5.01 Å². The van der Waals surface area contributed by atoms with E-state index in [0.29, 0.717) is 30.2 Å². The quantitative estimate of drug-likeness (QED) is 0.897. The topological polar surface area (TPSA) is 98.3 Å². The normalized spacial score (nSPS) is 14.4. The molecule has 9 heteroatoms. The number of sulfonamides is 1. The average molecular weight is 339 g/mol. The number of aryl methyl sites for hydroxylation is 1. The monoisotopic (exact) mass is 339 g/mol. The van der Waals surface area contributed by atoms with Gasteiger partial charge >= 0.3 is 0 Å². The fraction of sp³-hybridized carbons (Fsp3) is 0.308. The van der Waals surface area contributed by atoms with Crippen molar-refractivity contribution >= 4 is 27.3 Å². The molecule has 0 unspecified atom stereocenters. The van der Waals surface area contributed by atoms with E-state index >= 15 is 0 Å². The van der Waals surface area contributed by atoms with Crippen LogP contribution in [0.3, 0.4) is 0 Å². The summed E-state index contributed by atoms with van der Waals surface area (Å²) in [6, 6.07) is 5.19. The minimum Gasteiger partial charge on any atom is -0.376 e. The Balaban J connectivity index is 1.89. The molecule has 0 fully saturated rings. The zero-order valence-electron chi connectivity index (χ0n) is 11.7. The Morgan fingerprint density at radius 1 is 1.36 bits per heavy atom. The second-order valence-electron chi connectivity index (χ2n) is 4.77. The minimum atomic E-state index is -4.00. The molecule has 2 heterocycles. The van der Waals surface area contributed by atoms with Crippen LogP contribution in [0.15, 0.2) is 22.5 Å². The van der Waals surface area contributed by atoms with Crippen molar-refractivity contribution in [3.63, 3.8) is 0 Å². The van der Waals surface area contributed by atoms with Crippen molar-refractivity contribution in [3.8, 4) is 0 Å². The third-order valence-corrected chi connectivity index (χ3v) is 5.77. The first-order chi connectivity index (χ1) is 10.5. The molecule has 0 spiro atoms. The van der Waals surface area contributed by atoms with Gasteiger partial charge in [0.05, 0.1) is 13.2 Å². The highest BCUT2D eigenvalue weighted by Gasteiger charge is 2.25. The van der Waals surface area contributed by atoms with Crippen molar-refractivity contribution in [2.45, 2.75) is 24.3 Å². The van der Waals surface area contributed by atoms with Gasteiger partial charge in [-0.25, -0.2) is 4.72 Å². The van der Waals surface area contributed by atoms with Crippen LogP contribution in [-0.4, -0.2) is 31.1 Å². The highest BCUT2D eigenvalue weighted by Crippen LogP contribution is 2.22. The number of aromatic nitrogens is 2. The second-order valence-corrected chi connectivity index (χ2v) is 7.81. The summed E-state index contributed by atoms with van der Waals surface area (Å²) >= 11 is 0.916. The smallest absolute Gasteiger partial charge is 0.293 e. The Hall–Kier alpha value is -1.84. The molecule has 0 bridgehead atoms. The molecule has 2 aromatic rings. The molecule has 7 nitrogen and oxygen atoms in total. The Morgan fingerprint density at radius 2 is 2.18 bits per heavy atom. The van der Waals surface area contributed by atoms with Crippen molar-refractivity contribution in [3.05, 3.63) is 39.9 Å². The SMILES string of the molecule is Cc1nnc(S(=O)(=O)NC(=O)c2cccc3c2CCOC3)s1. The molecule has 1 N–H and O–H groups in total. The van der Waals surface area contributed by atoms with Gasteiger partial charge in [-0.1, -0.05) is 23.5 Å². The minimum absolute atomic E-state index is 0.216. The summed E-state index contributed by atoms with van der Waals surface area (Å²) in [5.74, 6) is -0.661. The van der Waals surface area contributed by atoms with E-state index in [1.54, 1.807) is 19.1 Å². The number of carbonyl (C=O) groups excluding carboxylic acids is 1. The Labute approximate surface area is 131 Å². The number of nitrogens with one attached hydrogen (secondary N) is 1. The molecule has 0 aliphatic carbocycles. The summed E-state index contributed by atoms with van der Waals surface area (Å²) in [7, 11) is -4.00. The molecule has 22 heavy (non-hydrogen) atoms. The van der Waals surface area contributed by atoms with Crippen LogP contribution in [0, 0.1) is 6.92 Å². The first kappa shape index (κ1) is 15.1. The maximum atomic E-state index is 12.3. The lowest BCUT2D eigenvalue weighted by Crippen LogP contribution is -2.32. The lowest BCUT2D eigenvalue weighted by molar-refractivity contribution is 0.0967. The predicted octanol–water partition coefficient (Wildman–Crippen LogP) is 1.04. The number of rotatable bonds is 3. The number of ether oxygens (including phenoxy) is 1. The highest BCUT2D eigenvalue weighted by atomic mass is 32.2. The average Bonchev–Trinajstić information content (AvgIpc) is 2.94. The molecule has 1 amide bonds. The van der Waals surface area contributed by atoms with Gasteiger partial charge in [0.15, 0.2) is 0 Å². The summed E-state index contributed by atoms with van der Waals surface area (Å²) in [6.45, 7) is 2.59. The van der Waals surface area contributed by atoms with Gasteiger partial charge in [-0.05, 0) is 30.5 Å². The van der Waals surface area contributed by atoms with Crippen LogP contribution < -0.4 is 4.72 Å². The number of benzene rings is 1. The van der Waals surface area contributed by atoms with Gasteiger partial charge in [-0.15, -0.1) is 10.2 Å². The second kappa shape index (κ2) is 5.75. The van der Waals surface area contributed by atoms with Crippen LogP contribution in [0.4, 0.5) is 0 Å². The van der Waals surface area contributed by atoms with Gasteiger partial charge in [0.2, 0.25) is 0 Å². The molecule has 1 aromatic carbocycles. The molecular formula is C13H13N3O4S2. The zero-order chi connectivity index (χ0) is 15.7. The predicted molar refractivity (Wildman–Crippen MR) is 79.1 cm³/mol. The molecule has 116 valence electrons. The molecule has 0 atom stereocenters. The van der Waals surface area contributed by atoms with E-state index in [0.717, 1.165) is 22.5 Å². The first-order valence-electron chi connectivity index (χ1n) is 6.53. The van der Waals surface area contributed by atoms with Crippen molar-refractivity contribution < 1.29 is 17.9 Å². The van der Waals surface area contributed by atoms with Gasteiger partial charge in [-0.2, -0.15) is 8.42 Å². The first-order valence-corrected chi connectivity index (χ1v) is 8.83. The van der Waals surface area contributed by atoms with Crippen molar-refractivity contribution in [2.75, 3.05) is 6.61 Å². The van der Waals surface area contributed by atoms with Crippen LogP contribution in [0.2, 0.25) is 0 Å². The van der Waals surface area contributed by atoms with Gasteiger partial charge < -0.3 is 4.74 Å². The summed E-state index contributed by atoms with van der Waals surface area (Å²) in [5.41, 5.74) is 2.09. The highest BCUT2D eigenvalue weighted by molar-refractivity contribution is 7.92. The Bertz CT molecular complexity index is 830. The van der Waals surface area contributed by atoms with E-state index in [1.807, 2.05) is 6.07 Å². The molecule has 0 saturated heterocycles. The maximum Gasteiger partial charge on any atom is 0.293 e. The Morgan fingerprint density at radius 3 is 2.91 bits per heavy atom. The summed E-state index contributed by atoms with van der Waals surface area (Å²) in [5, 5.41) is 7.74. The maximum absolute atomic E-state index is 12.3. The molecule has 3 rings (SSSR count). The molecule has 0 radical (unpaired) electrons. The van der Waals surface area contributed by atoms with E-state index in [1.165, 1.54) is 0 Å². The summed E-state index contributed by atoms with van der Waals surface area (Å²) < 4.78 is 31.5. The summed E-state index contributed by atoms with van der Waals surface area (Å²) in [6.07, 6.45) is 0.580. The van der Waals surface area contributed by atoms with Crippen molar-refractivity contribution in [1.29, 1.82) is 0 Å². The van der Waals surface area contributed by atoms with Crippen LogP contribution in [-0.2, 0) is 27.8 Å². The van der Waals surface area contributed by atoms with Gasteiger partial charge in [0, 0.05) is 5.56 Å². The van der Waals surface area contributed by atoms with E-state index < -0.39 is 15.9 Å². The van der Waals surface area contributed by atoms with E-state index in [-0.39, 0.29) is 4.34 Å². The van der Waals surface area contributed by atoms with Crippen molar-refractivity contribution in [2.24, 2.45) is 0 Å². The van der Waals surface area contributed by atoms with Gasteiger partial charge in [0.25, 0.3) is 20.3 Å². The van der Waals surface area contributed by atoms with Crippen molar-refractivity contribution in [1.82, 2.24) is 14.9 Å².